The van der Waals surface area contributed by atoms with Crippen LogP contribution in [0, 0.1) is 17.3 Å². The van der Waals surface area contributed by atoms with Crippen molar-refractivity contribution in [3.05, 3.63) is 29.3 Å². The minimum absolute atomic E-state index is 0.277. The Morgan fingerprint density at radius 2 is 2.31 bits per heavy atom. The molecule has 0 aromatic carbocycles. The van der Waals surface area contributed by atoms with Crippen molar-refractivity contribution in [2.75, 3.05) is 13.8 Å². The van der Waals surface area contributed by atoms with E-state index in [0.717, 1.165) is 0 Å². The number of hydrogen-bond donors (Lipinski definition) is 0. The molecule has 0 unspecified atom stereocenters. The van der Waals surface area contributed by atoms with Crippen molar-refractivity contribution in [1.29, 1.82) is 0 Å². The normalized spacial score (nSPS) is 18.0. The Labute approximate surface area is 95.3 Å². The monoisotopic (exact) mass is 221 g/mol. The lowest BCUT2D eigenvalue weighted by molar-refractivity contribution is -0.0183. The van der Waals surface area contributed by atoms with Crippen LogP contribution in [0.1, 0.15) is 13.8 Å². The average molecular weight is 221 g/mol. The van der Waals surface area contributed by atoms with Crippen molar-refractivity contribution in [3.63, 3.8) is 0 Å². The van der Waals surface area contributed by atoms with Gasteiger partial charge in [0.15, 0.2) is 0 Å². The number of terminal acetylenes is 1. The van der Waals surface area contributed by atoms with E-state index in [9.17, 15) is 4.91 Å². The Hall–Kier alpha value is -1.80. The van der Waals surface area contributed by atoms with E-state index < -0.39 is 5.60 Å². The molecule has 0 fully saturated rings. The molecule has 0 N–H and O–H groups in total. The van der Waals surface area contributed by atoms with Gasteiger partial charge in [0, 0.05) is 19.4 Å². The first-order chi connectivity index (χ1) is 7.50. The number of hydrogen-bond acceptors (Lipinski definition) is 5. The minimum Gasteiger partial charge on any atom is -0.342 e. The Kier molecular flexibility index (Phi) is 3.69. The molecule has 0 radical (unpaired) electrons. The maximum Gasteiger partial charge on any atom is 0.136 e. The number of rotatable bonds is 4. The second kappa shape index (κ2) is 4.81. The molecule has 1 aliphatic heterocycles. The van der Waals surface area contributed by atoms with Crippen LogP contribution >= 0.6 is 0 Å². The molecule has 16 heavy (non-hydrogen) atoms. The summed E-state index contributed by atoms with van der Waals surface area (Å²) in [6.45, 7) is 3.88. The maximum absolute atomic E-state index is 10.2. The molecule has 0 bridgehead atoms. The van der Waals surface area contributed by atoms with Crippen molar-refractivity contribution in [3.8, 4) is 12.3 Å². The molecule has 1 heterocycles. The molecular weight excluding hydrogens is 206 g/mol. The highest BCUT2D eigenvalue weighted by Crippen LogP contribution is 2.19. The molecule has 1 rings (SSSR count). The van der Waals surface area contributed by atoms with Crippen LogP contribution in [0.5, 0.6) is 0 Å². The van der Waals surface area contributed by atoms with Gasteiger partial charge in [0.2, 0.25) is 0 Å². The topological polar surface area (TPSA) is 45.1 Å². The van der Waals surface area contributed by atoms with Gasteiger partial charge in [0.25, 0.3) is 0 Å². The van der Waals surface area contributed by atoms with E-state index in [-0.39, 0.29) is 6.73 Å². The molecule has 0 aromatic heterocycles. The summed E-state index contributed by atoms with van der Waals surface area (Å²) in [5.74, 6) is 3.19. The molecule has 0 saturated carbocycles. The summed E-state index contributed by atoms with van der Waals surface area (Å²) >= 11 is 0. The van der Waals surface area contributed by atoms with Crippen LogP contribution in [0.15, 0.2) is 29.6 Å². The molecule has 5 heteroatoms. The molecule has 0 atom stereocenters. The van der Waals surface area contributed by atoms with Gasteiger partial charge >= 0.3 is 0 Å². The maximum atomic E-state index is 10.2. The molecule has 1 aliphatic rings. The van der Waals surface area contributed by atoms with Crippen molar-refractivity contribution in [2.45, 2.75) is 19.4 Å². The van der Waals surface area contributed by atoms with E-state index in [1.54, 1.807) is 29.8 Å². The Morgan fingerprint density at radius 1 is 1.62 bits per heavy atom. The van der Waals surface area contributed by atoms with Crippen LogP contribution in [-0.4, -0.2) is 29.2 Å². The highest BCUT2D eigenvalue weighted by Gasteiger charge is 2.20. The van der Waals surface area contributed by atoms with Gasteiger partial charge in [0.05, 0.1) is 0 Å². The molecule has 5 nitrogen and oxygen atoms in total. The van der Waals surface area contributed by atoms with Crippen LogP contribution in [-0.2, 0) is 4.74 Å². The van der Waals surface area contributed by atoms with Gasteiger partial charge in [-0.15, -0.1) is 11.3 Å². The van der Waals surface area contributed by atoms with Crippen molar-refractivity contribution in [2.24, 2.45) is 5.18 Å². The lowest BCUT2D eigenvalue weighted by Gasteiger charge is -2.25. The van der Waals surface area contributed by atoms with Gasteiger partial charge in [-0.2, -0.15) is 0 Å². The van der Waals surface area contributed by atoms with Crippen LogP contribution in [0.3, 0.4) is 0 Å². The highest BCUT2D eigenvalue weighted by molar-refractivity contribution is 5.12. The second-order valence-electron chi connectivity index (χ2n) is 3.90. The predicted octanol–water partition coefficient (Wildman–Crippen LogP) is 1.66. The van der Waals surface area contributed by atoms with Crippen molar-refractivity contribution in [1.82, 2.24) is 9.80 Å². The lowest BCUT2D eigenvalue weighted by atomic mass is 10.2. The standard InChI is InChI=1S/C11H15N3O2/c1-5-11(2,3)16-9-14-7-6-13(4)10(14)8-12-15/h1,6-8H,9H2,2-4H3/b10-8+. The summed E-state index contributed by atoms with van der Waals surface area (Å²) in [4.78, 5) is 13.8. The van der Waals surface area contributed by atoms with E-state index in [4.69, 9.17) is 11.2 Å². The third kappa shape index (κ3) is 2.84. The minimum atomic E-state index is -0.630. The third-order valence-corrected chi connectivity index (χ3v) is 2.21. The fourth-order valence-electron chi connectivity index (χ4n) is 1.13. The van der Waals surface area contributed by atoms with E-state index in [2.05, 4.69) is 11.1 Å². The van der Waals surface area contributed by atoms with E-state index in [1.165, 1.54) is 6.20 Å². The molecular formula is C11H15N3O2. The smallest absolute Gasteiger partial charge is 0.136 e. The number of ether oxygens (including phenoxy) is 1. The Balaban J connectivity index is 2.62. The van der Waals surface area contributed by atoms with E-state index >= 15 is 0 Å². The van der Waals surface area contributed by atoms with Gasteiger partial charge in [0.1, 0.15) is 24.4 Å². The van der Waals surface area contributed by atoms with Crippen molar-refractivity contribution >= 4 is 0 Å². The van der Waals surface area contributed by atoms with Gasteiger partial charge in [-0.05, 0) is 19.0 Å². The molecule has 0 saturated heterocycles. The van der Waals surface area contributed by atoms with Crippen LogP contribution in [0.2, 0.25) is 0 Å². The first-order valence-electron chi connectivity index (χ1n) is 4.82. The van der Waals surface area contributed by atoms with Gasteiger partial charge in [-0.25, -0.2) is 0 Å². The summed E-state index contributed by atoms with van der Waals surface area (Å²) in [5, 5.41) is 2.75. The average Bonchev–Trinajstić information content (AvgIpc) is 2.59. The van der Waals surface area contributed by atoms with Crippen LogP contribution in [0.25, 0.3) is 0 Å². The largest absolute Gasteiger partial charge is 0.342 e. The van der Waals surface area contributed by atoms with E-state index in [0.29, 0.717) is 5.82 Å². The summed E-state index contributed by atoms with van der Waals surface area (Å²) in [5.41, 5.74) is -0.630. The highest BCUT2D eigenvalue weighted by atomic mass is 16.5. The molecule has 0 aliphatic carbocycles. The Bertz CT molecular complexity index is 366. The molecule has 0 spiro atoms. The van der Waals surface area contributed by atoms with Crippen LogP contribution in [0.4, 0.5) is 0 Å². The Morgan fingerprint density at radius 3 is 2.88 bits per heavy atom. The summed E-state index contributed by atoms with van der Waals surface area (Å²) in [6, 6.07) is 0. The number of nitrogens with zero attached hydrogens (tertiary/aromatic N) is 3. The first kappa shape index (κ1) is 12.3. The van der Waals surface area contributed by atoms with E-state index in [1.807, 2.05) is 13.2 Å². The second-order valence-corrected chi connectivity index (χ2v) is 3.90. The number of nitroso groups, excluding NO2 is 1. The summed E-state index contributed by atoms with van der Waals surface area (Å²) in [6.07, 6.45) is 10.1. The third-order valence-electron chi connectivity index (χ3n) is 2.21. The van der Waals surface area contributed by atoms with Crippen molar-refractivity contribution < 1.29 is 4.74 Å². The lowest BCUT2D eigenvalue weighted by Crippen LogP contribution is -2.30. The molecule has 0 aromatic rings. The fraction of sp³-hybridized carbons (Fsp3) is 0.455. The fourth-order valence-corrected chi connectivity index (χ4v) is 1.13. The van der Waals surface area contributed by atoms with Gasteiger partial charge in [-0.3, -0.25) is 0 Å². The van der Waals surface area contributed by atoms with Crippen LogP contribution < -0.4 is 0 Å². The van der Waals surface area contributed by atoms with Gasteiger partial charge in [-0.1, -0.05) is 5.92 Å². The zero-order valence-electron chi connectivity index (χ0n) is 9.67. The summed E-state index contributed by atoms with van der Waals surface area (Å²) < 4.78 is 5.51. The zero-order valence-corrected chi connectivity index (χ0v) is 9.67. The zero-order chi connectivity index (χ0) is 12.2. The SMILES string of the molecule is C#CC(C)(C)OCN1C=CN(C)/C1=C\N=O. The molecule has 86 valence electrons. The summed E-state index contributed by atoms with van der Waals surface area (Å²) in [7, 11) is 1.82. The molecule has 0 amide bonds. The quantitative estimate of drug-likeness (QED) is 0.535. The first-order valence-corrected chi connectivity index (χ1v) is 4.82. The van der Waals surface area contributed by atoms with Gasteiger partial charge < -0.3 is 14.5 Å². The predicted molar refractivity (Wildman–Crippen MR) is 61.5 cm³/mol.